The standard InChI is InChI=1S/C24H28N4O4S/c1-17(30-2)11-12-33-20-13-21(32-16-18-7-5-4-6-8-18)23(25-15-20)28-24-26-14-19(27-24)9-10-22(29)31-3/h4-8,13-15H,1,9-12,16H2,2-3H3,(H2,25,26,27,28). The number of aromatic nitrogens is 3. The van der Waals surface area contributed by atoms with Gasteiger partial charge >= 0.3 is 5.97 Å². The summed E-state index contributed by atoms with van der Waals surface area (Å²) in [5.41, 5.74) is 1.88. The van der Waals surface area contributed by atoms with Crippen molar-refractivity contribution in [1.82, 2.24) is 15.0 Å². The molecule has 0 bridgehead atoms. The topological polar surface area (TPSA) is 98.4 Å². The molecule has 0 aliphatic heterocycles. The number of ether oxygens (including phenoxy) is 3. The number of nitrogens with zero attached hydrogens (tertiary/aromatic N) is 2. The molecule has 0 unspecified atom stereocenters. The van der Waals surface area contributed by atoms with Gasteiger partial charge in [-0.3, -0.25) is 4.79 Å². The molecule has 1 aromatic carbocycles. The zero-order valence-electron chi connectivity index (χ0n) is 18.8. The third-order valence-electron chi connectivity index (χ3n) is 4.69. The number of H-pyrrole nitrogens is 1. The van der Waals surface area contributed by atoms with Gasteiger partial charge in [-0.05, 0) is 18.1 Å². The van der Waals surface area contributed by atoms with Gasteiger partial charge in [-0.1, -0.05) is 36.9 Å². The highest BCUT2D eigenvalue weighted by molar-refractivity contribution is 7.99. The highest BCUT2D eigenvalue weighted by Gasteiger charge is 2.12. The van der Waals surface area contributed by atoms with E-state index in [1.54, 1.807) is 31.3 Å². The van der Waals surface area contributed by atoms with Crippen LogP contribution in [0.25, 0.3) is 0 Å². The number of aryl methyl sites for hydroxylation is 1. The van der Waals surface area contributed by atoms with Crippen LogP contribution in [0.3, 0.4) is 0 Å². The fourth-order valence-corrected chi connectivity index (χ4v) is 3.71. The molecule has 2 aromatic heterocycles. The maximum absolute atomic E-state index is 11.4. The van der Waals surface area contributed by atoms with E-state index >= 15 is 0 Å². The summed E-state index contributed by atoms with van der Waals surface area (Å²) < 4.78 is 15.9. The first kappa shape index (κ1) is 24.2. The molecule has 0 aliphatic rings. The Morgan fingerprint density at radius 2 is 1.94 bits per heavy atom. The number of allylic oxidation sites excluding steroid dienone is 1. The maximum atomic E-state index is 11.4. The second kappa shape index (κ2) is 12.5. The lowest BCUT2D eigenvalue weighted by Crippen LogP contribution is -2.03. The first-order valence-electron chi connectivity index (χ1n) is 10.5. The van der Waals surface area contributed by atoms with Crippen molar-refractivity contribution in [3.63, 3.8) is 0 Å². The molecule has 0 saturated heterocycles. The zero-order valence-corrected chi connectivity index (χ0v) is 19.6. The van der Waals surface area contributed by atoms with Crippen molar-refractivity contribution in [3.8, 4) is 5.75 Å². The Labute approximate surface area is 197 Å². The van der Waals surface area contributed by atoms with E-state index < -0.39 is 0 Å². The minimum Gasteiger partial charge on any atom is -0.502 e. The zero-order chi connectivity index (χ0) is 23.5. The predicted octanol–water partition coefficient (Wildman–Crippen LogP) is 4.88. The molecule has 2 heterocycles. The summed E-state index contributed by atoms with van der Waals surface area (Å²) in [5.74, 6) is 2.98. The lowest BCUT2D eigenvalue weighted by atomic mass is 10.2. The first-order chi connectivity index (χ1) is 16.1. The summed E-state index contributed by atoms with van der Waals surface area (Å²) in [5, 5.41) is 3.18. The van der Waals surface area contributed by atoms with Crippen molar-refractivity contribution < 1.29 is 19.0 Å². The van der Waals surface area contributed by atoms with Crippen LogP contribution in [0.5, 0.6) is 5.75 Å². The molecule has 3 rings (SSSR count). The van der Waals surface area contributed by atoms with Crippen LogP contribution in [0.2, 0.25) is 0 Å². The number of benzene rings is 1. The average molecular weight is 469 g/mol. The first-order valence-corrected chi connectivity index (χ1v) is 11.4. The van der Waals surface area contributed by atoms with Crippen LogP contribution < -0.4 is 10.1 Å². The van der Waals surface area contributed by atoms with E-state index in [9.17, 15) is 4.79 Å². The Hall–Kier alpha value is -3.46. The third kappa shape index (κ3) is 7.87. The highest BCUT2D eigenvalue weighted by atomic mass is 32.2. The van der Waals surface area contributed by atoms with Gasteiger partial charge in [0, 0.05) is 29.0 Å². The maximum Gasteiger partial charge on any atom is 0.305 e. The van der Waals surface area contributed by atoms with Gasteiger partial charge in [-0.25, -0.2) is 9.97 Å². The number of aromatic amines is 1. The van der Waals surface area contributed by atoms with Crippen molar-refractivity contribution >= 4 is 29.5 Å². The van der Waals surface area contributed by atoms with Gasteiger partial charge in [0.15, 0.2) is 11.6 Å². The molecule has 0 amide bonds. The van der Waals surface area contributed by atoms with Gasteiger partial charge in [0.25, 0.3) is 0 Å². The van der Waals surface area contributed by atoms with E-state index in [1.165, 1.54) is 7.11 Å². The summed E-state index contributed by atoms with van der Waals surface area (Å²) in [6.45, 7) is 4.26. The molecule has 0 spiro atoms. The Morgan fingerprint density at radius 1 is 1.12 bits per heavy atom. The van der Waals surface area contributed by atoms with Gasteiger partial charge in [-0.2, -0.15) is 0 Å². The summed E-state index contributed by atoms with van der Waals surface area (Å²) in [6.07, 6.45) is 5.02. The lowest BCUT2D eigenvalue weighted by molar-refractivity contribution is -0.140. The number of carbonyl (C=O) groups is 1. The normalized spacial score (nSPS) is 10.5. The Morgan fingerprint density at radius 3 is 2.70 bits per heavy atom. The second-order valence-electron chi connectivity index (χ2n) is 7.09. The molecule has 2 N–H and O–H groups in total. The Kier molecular flexibility index (Phi) is 9.19. The summed E-state index contributed by atoms with van der Waals surface area (Å²) in [6, 6.07) is 11.9. The van der Waals surface area contributed by atoms with Gasteiger partial charge in [0.2, 0.25) is 5.95 Å². The number of esters is 1. The number of imidazole rings is 1. The van der Waals surface area contributed by atoms with E-state index in [0.29, 0.717) is 30.5 Å². The van der Waals surface area contributed by atoms with Crippen molar-refractivity contribution in [2.24, 2.45) is 0 Å². The fourth-order valence-electron chi connectivity index (χ4n) is 2.83. The van der Waals surface area contributed by atoms with Gasteiger partial charge in [0.1, 0.15) is 6.61 Å². The SMILES string of the molecule is C=C(CCSc1cnc(Nc2ncc(CCC(=O)OC)[nH]2)c(OCc2ccccc2)c1)OC. The summed E-state index contributed by atoms with van der Waals surface area (Å²) >= 11 is 1.65. The van der Waals surface area contributed by atoms with Crippen LogP contribution in [0.4, 0.5) is 11.8 Å². The molecule has 3 aromatic rings. The van der Waals surface area contributed by atoms with Crippen LogP contribution in [0.15, 0.2) is 66.0 Å². The Balaban J connectivity index is 1.71. The smallest absolute Gasteiger partial charge is 0.305 e. The number of thioether (sulfide) groups is 1. The van der Waals surface area contributed by atoms with Gasteiger partial charge in [0.05, 0.1) is 32.6 Å². The third-order valence-corrected chi connectivity index (χ3v) is 5.66. The second-order valence-corrected chi connectivity index (χ2v) is 8.26. The minimum atomic E-state index is -0.264. The van der Waals surface area contributed by atoms with Crippen LogP contribution in [0, 0.1) is 0 Å². The molecule has 0 aliphatic carbocycles. The van der Waals surface area contributed by atoms with Gasteiger partial charge in [-0.15, -0.1) is 11.8 Å². The molecule has 0 saturated carbocycles. The van der Waals surface area contributed by atoms with E-state index in [0.717, 1.165) is 34.1 Å². The quantitative estimate of drug-likeness (QED) is 0.208. The molecule has 9 heteroatoms. The monoisotopic (exact) mass is 468 g/mol. The number of rotatable bonds is 13. The minimum absolute atomic E-state index is 0.264. The van der Waals surface area contributed by atoms with Crippen LogP contribution in [-0.4, -0.2) is 40.9 Å². The summed E-state index contributed by atoms with van der Waals surface area (Å²) in [4.78, 5) is 24.4. The Bertz CT molecular complexity index is 1060. The molecule has 0 atom stereocenters. The van der Waals surface area contributed by atoms with E-state index in [1.807, 2.05) is 36.4 Å². The lowest BCUT2D eigenvalue weighted by Gasteiger charge is -2.13. The number of hydrogen-bond donors (Lipinski definition) is 2. The average Bonchev–Trinajstić information content (AvgIpc) is 3.30. The molecular weight excluding hydrogens is 440 g/mol. The number of nitrogens with one attached hydrogen (secondary N) is 2. The van der Waals surface area contributed by atoms with E-state index in [-0.39, 0.29) is 12.4 Å². The molecule has 174 valence electrons. The van der Waals surface area contributed by atoms with Crippen molar-refractivity contribution in [2.75, 3.05) is 25.3 Å². The predicted molar refractivity (Wildman–Crippen MR) is 129 cm³/mol. The molecule has 8 nitrogen and oxygen atoms in total. The van der Waals surface area contributed by atoms with Crippen molar-refractivity contribution in [1.29, 1.82) is 0 Å². The summed E-state index contributed by atoms with van der Waals surface area (Å²) in [7, 11) is 3.00. The molecule has 0 radical (unpaired) electrons. The van der Waals surface area contributed by atoms with Crippen LogP contribution in [-0.2, 0) is 27.3 Å². The molecule has 0 fully saturated rings. The number of pyridine rings is 1. The van der Waals surface area contributed by atoms with E-state index in [2.05, 4.69) is 31.6 Å². The molecule has 33 heavy (non-hydrogen) atoms. The number of carbonyl (C=O) groups excluding carboxylic acids is 1. The largest absolute Gasteiger partial charge is 0.502 e. The highest BCUT2D eigenvalue weighted by Crippen LogP contribution is 2.31. The van der Waals surface area contributed by atoms with Crippen molar-refractivity contribution in [2.45, 2.75) is 30.8 Å². The van der Waals surface area contributed by atoms with Crippen molar-refractivity contribution in [3.05, 3.63) is 72.4 Å². The molecular formula is C24H28N4O4S. The van der Waals surface area contributed by atoms with E-state index in [4.69, 9.17) is 9.47 Å². The fraction of sp³-hybridized carbons (Fsp3) is 0.292. The number of anilines is 2. The van der Waals surface area contributed by atoms with Crippen LogP contribution in [0.1, 0.15) is 24.1 Å². The number of methoxy groups -OCH3 is 2. The van der Waals surface area contributed by atoms with Gasteiger partial charge < -0.3 is 24.5 Å². The van der Waals surface area contributed by atoms with Crippen LogP contribution >= 0.6 is 11.8 Å². The number of hydrogen-bond acceptors (Lipinski definition) is 8.